The maximum absolute atomic E-state index is 13.9. The first kappa shape index (κ1) is 30.4. The molecule has 1 unspecified atom stereocenters. The van der Waals surface area contributed by atoms with Crippen molar-refractivity contribution in [2.24, 2.45) is 0 Å². The summed E-state index contributed by atoms with van der Waals surface area (Å²) >= 11 is 12.3. The van der Waals surface area contributed by atoms with Gasteiger partial charge in [0.05, 0.1) is 17.0 Å². The number of rotatable bonds is 12. The molecule has 0 saturated carbocycles. The second-order valence-corrected chi connectivity index (χ2v) is 11.8. The van der Waals surface area contributed by atoms with E-state index in [0.29, 0.717) is 23.6 Å². The van der Waals surface area contributed by atoms with Crippen molar-refractivity contribution in [3.8, 4) is 0 Å². The fourth-order valence-electron chi connectivity index (χ4n) is 3.98. The third-order valence-corrected chi connectivity index (χ3v) is 7.61. The van der Waals surface area contributed by atoms with Gasteiger partial charge < -0.3 is 10.2 Å². The van der Waals surface area contributed by atoms with Gasteiger partial charge in [-0.2, -0.15) is 0 Å². The van der Waals surface area contributed by atoms with Gasteiger partial charge >= 0.3 is 0 Å². The van der Waals surface area contributed by atoms with Crippen molar-refractivity contribution in [2.75, 3.05) is 23.7 Å². The van der Waals surface area contributed by atoms with Gasteiger partial charge in [-0.25, -0.2) is 12.8 Å². The monoisotopic (exact) mass is 593 g/mol. The lowest BCUT2D eigenvalue weighted by molar-refractivity contribution is -0.140. The zero-order chi connectivity index (χ0) is 28.6. The molecule has 0 aliphatic heterocycles. The van der Waals surface area contributed by atoms with E-state index in [2.05, 4.69) is 5.32 Å². The van der Waals surface area contributed by atoms with Gasteiger partial charge in [-0.3, -0.25) is 13.9 Å². The first-order chi connectivity index (χ1) is 18.5. The van der Waals surface area contributed by atoms with Crippen LogP contribution in [0.3, 0.4) is 0 Å². The minimum atomic E-state index is -3.97. The fraction of sp³-hybridized carbons (Fsp3) is 0.286. The summed E-state index contributed by atoms with van der Waals surface area (Å²) in [4.78, 5) is 28.7. The number of halogens is 3. The average Bonchev–Trinajstić information content (AvgIpc) is 2.89. The second-order valence-electron chi connectivity index (χ2n) is 9.01. The molecule has 0 fully saturated rings. The standard InChI is InChI=1S/C28H30Cl2FN3O4S/c1-3-15-32-28(36)26(16-20-7-5-4-6-8-20)33(18-21-9-12-23(31)13-10-21)27(35)19-34(39(2,37)38)25-14-11-22(29)17-24(25)30/h4-14,17,26H,3,15-16,18-19H2,1-2H3,(H,32,36). The second kappa shape index (κ2) is 13.8. The van der Waals surface area contributed by atoms with Gasteiger partial charge in [-0.05, 0) is 47.9 Å². The highest BCUT2D eigenvalue weighted by atomic mass is 35.5. The number of nitrogens with one attached hydrogen (secondary N) is 1. The molecule has 0 heterocycles. The number of nitrogens with zero attached hydrogens (tertiary/aromatic N) is 2. The summed E-state index contributed by atoms with van der Waals surface area (Å²) < 4.78 is 40.1. The van der Waals surface area contributed by atoms with E-state index < -0.39 is 34.3 Å². The largest absolute Gasteiger partial charge is 0.354 e. The number of hydrogen-bond acceptors (Lipinski definition) is 4. The molecule has 3 aromatic rings. The SMILES string of the molecule is CCCNC(=O)C(Cc1ccccc1)N(Cc1ccc(F)cc1)C(=O)CN(c1ccc(Cl)cc1Cl)S(C)(=O)=O. The summed E-state index contributed by atoms with van der Waals surface area (Å²) in [5.74, 6) is -1.46. The molecule has 0 spiro atoms. The summed E-state index contributed by atoms with van der Waals surface area (Å²) in [5.41, 5.74) is 1.46. The molecular weight excluding hydrogens is 564 g/mol. The van der Waals surface area contributed by atoms with E-state index in [4.69, 9.17) is 23.2 Å². The van der Waals surface area contributed by atoms with Crippen LogP contribution >= 0.6 is 23.2 Å². The van der Waals surface area contributed by atoms with Crippen LogP contribution in [0.1, 0.15) is 24.5 Å². The van der Waals surface area contributed by atoms with Gasteiger partial charge in [-0.15, -0.1) is 0 Å². The molecule has 0 aliphatic carbocycles. The van der Waals surface area contributed by atoms with E-state index in [9.17, 15) is 22.4 Å². The molecule has 0 radical (unpaired) electrons. The highest BCUT2D eigenvalue weighted by Crippen LogP contribution is 2.30. The van der Waals surface area contributed by atoms with Crippen molar-refractivity contribution in [3.05, 3.63) is 99.8 Å². The van der Waals surface area contributed by atoms with Crippen LogP contribution in [0.4, 0.5) is 10.1 Å². The van der Waals surface area contributed by atoms with Crippen LogP contribution < -0.4 is 9.62 Å². The van der Waals surface area contributed by atoms with Gasteiger partial charge in [0.1, 0.15) is 18.4 Å². The molecule has 208 valence electrons. The smallest absolute Gasteiger partial charge is 0.244 e. The minimum Gasteiger partial charge on any atom is -0.354 e. The topological polar surface area (TPSA) is 86.8 Å². The van der Waals surface area contributed by atoms with Crippen LogP contribution in [0.2, 0.25) is 10.0 Å². The molecule has 3 rings (SSSR count). The van der Waals surface area contributed by atoms with Crippen LogP contribution in [-0.2, 0) is 32.6 Å². The number of hydrogen-bond donors (Lipinski definition) is 1. The molecule has 3 aromatic carbocycles. The highest BCUT2D eigenvalue weighted by Gasteiger charge is 2.33. The summed E-state index contributed by atoms with van der Waals surface area (Å²) in [7, 11) is -3.97. The molecule has 0 bridgehead atoms. The molecule has 2 amide bonds. The first-order valence-electron chi connectivity index (χ1n) is 12.3. The Labute approximate surface area is 238 Å². The maximum Gasteiger partial charge on any atom is 0.244 e. The average molecular weight is 595 g/mol. The molecule has 11 heteroatoms. The summed E-state index contributed by atoms with van der Waals surface area (Å²) in [6.45, 7) is 1.64. The van der Waals surface area contributed by atoms with Crippen molar-refractivity contribution < 1.29 is 22.4 Å². The fourth-order valence-corrected chi connectivity index (χ4v) is 5.41. The van der Waals surface area contributed by atoms with Crippen molar-refractivity contribution in [1.29, 1.82) is 0 Å². The van der Waals surface area contributed by atoms with Gasteiger partial charge in [0, 0.05) is 24.5 Å². The van der Waals surface area contributed by atoms with Gasteiger partial charge in [0.15, 0.2) is 0 Å². The van der Waals surface area contributed by atoms with Crippen LogP contribution in [0.25, 0.3) is 0 Å². The summed E-state index contributed by atoms with van der Waals surface area (Å²) in [6.07, 6.45) is 1.83. The predicted molar refractivity (Wildman–Crippen MR) is 153 cm³/mol. The van der Waals surface area contributed by atoms with E-state index in [1.807, 2.05) is 37.3 Å². The Morgan fingerprint density at radius 2 is 1.64 bits per heavy atom. The Kier molecular flexibility index (Phi) is 10.7. The Morgan fingerprint density at radius 3 is 2.23 bits per heavy atom. The van der Waals surface area contributed by atoms with Crippen LogP contribution in [0.15, 0.2) is 72.8 Å². The third kappa shape index (κ3) is 8.68. The number of anilines is 1. The Bertz CT molecular complexity index is 1390. The zero-order valence-corrected chi connectivity index (χ0v) is 23.9. The van der Waals surface area contributed by atoms with E-state index in [1.165, 1.54) is 47.4 Å². The molecule has 7 nitrogen and oxygen atoms in total. The lowest BCUT2D eigenvalue weighted by Crippen LogP contribution is -2.53. The Hall–Kier alpha value is -3.14. The maximum atomic E-state index is 13.9. The molecule has 39 heavy (non-hydrogen) atoms. The van der Waals surface area contributed by atoms with Crippen molar-refractivity contribution in [1.82, 2.24) is 10.2 Å². The normalized spacial score (nSPS) is 12.0. The summed E-state index contributed by atoms with van der Waals surface area (Å²) in [6, 6.07) is 18.0. The lowest BCUT2D eigenvalue weighted by atomic mass is 10.0. The summed E-state index contributed by atoms with van der Waals surface area (Å²) in [5, 5.41) is 3.20. The highest BCUT2D eigenvalue weighted by molar-refractivity contribution is 7.92. The van der Waals surface area contributed by atoms with E-state index >= 15 is 0 Å². The van der Waals surface area contributed by atoms with Crippen molar-refractivity contribution >= 4 is 50.7 Å². The predicted octanol–water partition coefficient (Wildman–Crippen LogP) is 5.06. The third-order valence-electron chi connectivity index (χ3n) is 5.94. The van der Waals surface area contributed by atoms with Gasteiger partial charge in [0.25, 0.3) is 0 Å². The molecule has 0 aliphatic rings. The molecule has 1 N–H and O–H groups in total. The number of sulfonamides is 1. The minimum absolute atomic E-state index is 0.0485. The Morgan fingerprint density at radius 1 is 0.974 bits per heavy atom. The molecule has 0 saturated heterocycles. The Balaban J connectivity index is 2.05. The molecule has 1 atom stereocenters. The zero-order valence-electron chi connectivity index (χ0n) is 21.6. The van der Waals surface area contributed by atoms with Crippen molar-refractivity contribution in [2.45, 2.75) is 32.4 Å². The van der Waals surface area contributed by atoms with Crippen LogP contribution in [-0.4, -0.2) is 50.5 Å². The first-order valence-corrected chi connectivity index (χ1v) is 14.9. The van der Waals surface area contributed by atoms with E-state index in [1.54, 1.807) is 0 Å². The van der Waals surface area contributed by atoms with Crippen molar-refractivity contribution in [3.63, 3.8) is 0 Å². The molecular formula is C28H30Cl2FN3O4S. The van der Waals surface area contributed by atoms with Gasteiger partial charge in [0.2, 0.25) is 21.8 Å². The number of carbonyl (C=O) groups is 2. The van der Waals surface area contributed by atoms with E-state index in [-0.39, 0.29) is 29.6 Å². The van der Waals surface area contributed by atoms with E-state index in [0.717, 1.165) is 16.1 Å². The number of amides is 2. The van der Waals surface area contributed by atoms with Gasteiger partial charge in [-0.1, -0.05) is 72.6 Å². The molecule has 0 aromatic heterocycles. The quantitative estimate of drug-likeness (QED) is 0.318. The van der Waals surface area contributed by atoms with Crippen LogP contribution in [0, 0.1) is 5.82 Å². The van der Waals surface area contributed by atoms with Crippen LogP contribution in [0.5, 0.6) is 0 Å². The number of carbonyl (C=O) groups excluding carboxylic acids is 2. The number of benzene rings is 3. The lowest BCUT2D eigenvalue weighted by Gasteiger charge is -2.33.